The minimum Gasteiger partial charge on any atom is -0.870 e. The summed E-state index contributed by atoms with van der Waals surface area (Å²) >= 11 is 0. The fraction of sp³-hybridized carbons (Fsp3) is 0. The Hall–Kier alpha value is 2.05. The maximum Gasteiger partial charge on any atom is 4.00 e. The minimum absolute atomic E-state index is 0. The Balaban J connectivity index is 0. The van der Waals surface area contributed by atoms with Gasteiger partial charge in [0.05, 0.1) is 0 Å². The molecule has 0 aromatic rings. The van der Waals surface area contributed by atoms with Crippen molar-refractivity contribution < 1.29 is 54.6 Å². The summed E-state index contributed by atoms with van der Waals surface area (Å²) in [5, 5.41) is 0. The van der Waals surface area contributed by atoms with Gasteiger partial charge >= 0.3 is 70.6 Å². The third-order valence-electron chi connectivity index (χ3n) is 0. The molecule has 0 unspecified atom stereocenters. The van der Waals surface area contributed by atoms with E-state index in [-0.39, 0.29) is 103 Å². The number of hydrogen-bond acceptors (Lipinski definition) is 6. The average molecular weight is 287 g/mol. The van der Waals surface area contributed by atoms with Gasteiger partial charge < -0.3 is 32.9 Å². The molecule has 0 heterocycles. The molecule has 0 amide bonds. The van der Waals surface area contributed by atoms with E-state index < -0.39 is 0 Å². The number of hydrogen-bond donors (Lipinski definition) is 0. The Bertz CT molecular complexity index is 8.49. The first-order chi connectivity index (χ1) is 0. The van der Waals surface area contributed by atoms with Gasteiger partial charge in [0.1, 0.15) is 0 Å². The molecule has 48 valence electrons. The summed E-state index contributed by atoms with van der Waals surface area (Å²) in [5.41, 5.74) is 0. The van der Waals surface area contributed by atoms with E-state index in [1.165, 1.54) is 0 Å². The van der Waals surface area contributed by atoms with Crippen molar-refractivity contribution in [2.24, 2.45) is 0 Å². The maximum atomic E-state index is 0. The summed E-state index contributed by atoms with van der Waals surface area (Å²) < 4.78 is 0. The smallest absolute Gasteiger partial charge is 0.870 e. The summed E-state index contributed by atoms with van der Waals surface area (Å²) in [7, 11) is 0. The first-order valence-electron chi connectivity index (χ1n) is 0. The van der Waals surface area contributed by atoms with E-state index in [0.29, 0.717) is 0 Å². The van der Waals surface area contributed by atoms with Crippen molar-refractivity contribution in [3.8, 4) is 0 Å². The van der Waals surface area contributed by atoms with Gasteiger partial charge in [0, 0.05) is 0 Å². The van der Waals surface area contributed by atoms with E-state index in [9.17, 15) is 0 Å². The molecular formula is H6BaO6Ti. The van der Waals surface area contributed by atoms with Gasteiger partial charge in [0.2, 0.25) is 0 Å². The summed E-state index contributed by atoms with van der Waals surface area (Å²) in [6, 6.07) is 0. The fourth-order valence-corrected chi connectivity index (χ4v) is 0. The third kappa shape index (κ3) is 95.4. The fourth-order valence-electron chi connectivity index (χ4n) is 0. The molecule has 6 N–H and O–H groups in total. The van der Waals surface area contributed by atoms with Crippen molar-refractivity contribution in [3.05, 3.63) is 0 Å². The van der Waals surface area contributed by atoms with Crippen LogP contribution in [0.25, 0.3) is 0 Å². The van der Waals surface area contributed by atoms with Crippen LogP contribution < -0.4 is 0 Å². The SMILES string of the molecule is [Ba+2].[OH-].[OH-].[OH-].[OH-].[OH-].[OH-].[Ti+4]. The normalized spacial score (nSPS) is 0. The Morgan fingerprint density at radius 1 is 0.375 bits per heavy atom. The Kier molecular flexibility index (Phi) is 3440. The molecule has 0 saturated carbocycles. The Labute approximate surface area is 102 Å². The molecule has 0 aromatic heterocycles. The van der Waals surface area contributed by atoms with Gasteiger partial charge in [0.15, 0.2) is 0 Å². The van der Waals surface area contributed by atoms with Crippen LogP contribution in [0.5, 0.6) is 0 Å². The number of rotatable bonds is 0. The van der Waals surface area contributed by atoms with Crippen LogP contribution in [0.15, 0.2) is 0 Å². The molecule has 0 radical (unpaired) electrons. The van der Waals surface area contributed by atoms with E-state index in [1.807, 2.05) is 0 Å². The zero-order valence-corrected chi connectivity index (χ0v) is 9.89. The van der Waals surface area contributed by atoms with Gasteiger partial charge in [-0.1, -0.05) is 0 Å². The van der Waals surface area contributed by atoms with Crippen LogP contribution in [0, 0.1) is 0 Å². The van der Waals surface area contributed by atoms with E-state index in [1.54, 1.807) is 0 Å². The van der Waals surface area contributed by atoms with E-state index >= 15 is 0 Å². The summed E-state index contributed by atoms with van der Waals surface area (Å²) in [6.45, 7) is 0. The zero-order chi connectivity index (χ0) is 0. The molecule has 0 aliphatic heterocycles. The topological polar surface area (TPSA) is 180 Å². The minimum atomic E-state index is 0. The molecule has 0 bridgehead atoms. The van der Waals surface area contributed by atoms with Crippen LogP contribution in [0.3, 0.4) is 0 Å². The second-order valence-electron chi connectivity index (χ2n) is 0. The quantitative estimate of drug-likeness (QED) is 0.491. The van der Waals surface area contributed by atoms with Crippen LogP contribution in [-0.2, 0) is 21.7 Å². The monoisotopic (exact) mass is 288 g/mol. The van der Waals surface area contributed by atoms with Gasteiger partial charge in [-0.25, -0.2) is 0 Å². The van der Waals surface area contributed by atoms with Gasteiger partial charge in [0.25, 0.3) is 0 Å². The van der Waals surface area contributed by atoms with Crippen LogP contribution in [-0.4, -0.2) is 81.7 Å². The molecule has 0 atom stereocenters. The first kappa shape index (κ1) is 196. The predicted molar refractivity (Wildman–Crippen MR) is 17.4 cm³/mol. The van der Waals surface area contributed by atoms with E-state index in [0.717, 1.165) is 0 Å². The second-order valence-corrected chi connectivity index (χ2v) is 0. The van der Waals surface area contributed by atoms with Gasteiger partial charge in [-0.15, -0.1) is 0 Å². The Morgan fingerprint density at radius 2 is 0.375 bits per heavy atom. The molecule has 0 fully saturated rings. The summed E-state index contributed by atoms with van der Waals surface area (Å²) in [4.78, 5) is 0. The van der Waals surface area contributed by atoms with Gasteiger partial charge in [-0.2, -0.15) is 0 Å². The van der Waals surface area contributed by atoms with Crippen molar-refractivity contribution in [2.75, 3.05) is 0 Å². The molecule has 0 spiro atoms. The van der Waals surface area contributed by atoms with Gasteiger partial charge in [-0.3, -0.25) is 0 Å². The van der Waals surface area contributed by atoms with Crippen molar-refractivity contribution >= 4 is 48.9 Å². The van der Waals surface area contributed by atoms with Gasteiger partial charge in [-0.05, 0) is 0 Å². The molecule has 0 aromatic carbocycles. The predicted octanol–water partition coefficient (Wildman–Crippen LogP) is -1.44. The third-order valence-corrected chi connectivity index (χ3v) is 0. The van der Waals surface area contributed by atoms with Crippen LogP contribution in [0.2, 0.25) is 0 Å². The molecule has 0 aliphatic rings. The van der Waals surface area contributed by atoms with Crippen molar-refractivity contribution in [3.63, 3.8) is 0 Å². The largest absolute Gasteiger partial charge is 4.00 e. The zero-order valence-electron chi connectivity index (χ0n) is 3.89. The molecular weight excluding hydrogens is 281 g/mol. The van der Waals surface area contributed by atoms with E-state index in [4.69, 9.17) is 0 Å². The second kappa shape index (κ2) is 140. The molecule has 0 rings (SSSR count). The van der Waals surface area contributed by atoms with Crippen LogP contribution >= 0.6 is 0 Å². The first-order valence-corrected chi connectivity index (χ1v) is 0. The molecule has 0 aliphatic carbocycles. The standard InChI is InChI=1S/Ba.6H2O.Ti/h;6*1H2;/q+2;;;;;;;+4/p-6. The van der Waals surface area contributed by atoms with Crippen molar-refractivity contribution in [1.82, 2.24) is 0 Å². The summed E-state index contributed by atoms with van der Waals surface area (Å²) in [6.07, 6.45) is 0. The van der Waals surface area contributed by atoms with E-state index in [2.05, 4.69) is 0 Å². The molecule has 8 heteroatoms. The average Bonchev–Trinajstić information content (AvgIpc) is 0. The Morgan fingerprint density at radius 3 is 0.375 bits per heavy atom. The maximum absolute atomic E-state index is 0. The van der Waals surface area contributed by atoms with Crippen molar-refractivity contribution in [2.45, 2.75) is 0 Å². The van der Waals surface area contributed by atoms with Crippen LogP contribution in [0.4, 0.5) is 0 Å². The molecule has 8 heavy (non-hydrogen) atoms. The summed E-state index contributed by atoms with van der Waals surface area (Å²) in [5.74, 6) is 0. The van der Waals surface area contributed by atoms with Crippen molar-refractivity contribution in [1.29, 1.82) is 0 Å². The molecule has 0 saturated heterocycles. The molecule has 6 nitrogen and oxygen atoms in total. The van der Waals surface area contributed by atoms with Crippen LogP contribution in [0.1, 0.15) is 0 Å².